The topological polar surface area (TPSA) is 70.8 Å². The number of nitrogens with one attached hydrogen (secondary N) is 2. The smallest absolute Gasteiger partial charge is 0.270 e. The summed E-state index contributed by atoms with van der Waals surface area (Å²) in [4.78, 5) is 22.2. The van der Waals surface area contributed by atoms with Gasteiger partial charge in [-0.25, -0.2) is 9.37 Å². The number of aryl methyl sites for hydroxylation is 2. The molecular formula is C27H33BClFN5O. The molecule has 3 aromatic rings. The molecule has 36 heavy (non-hydrogen) atoms. The Hall–Kier alpha value is -2.97. The van der Waals surface area contributed by atoms with E-state index in [0.29, 0.717) is 51.6 Å². The molecule has 0 aliphatic carbocycles. The van der Waals surface area contributed by atoms with Gasteiger partial charge in [0.1, 0.15) is 17.2 Å². The van der Waals surface area contributed by atoms with Gasteiger partial charge in [-0.3, -0.25) is 14.2 Å². The Labute approximate surface area is 218 Å². The molecule has 0 bridgehead atoms. The number of fused-ring (bicyclic) bond motifs is 1. The van der Waals surface area contributed by atoms with Gasteiger partial charge >= 0.3 is 0 Å². The van der Waals surface area contributed by atoms with Crippen molar-refractivity contribution < 1.29 is 9.18 Å². The first kappa shape index (κ1) is 27.6. The summed E-state index contributed by atoms with van der Waals surface area (Å²) in [6.07, 6.45) is 4.88. The number of rotatable bonds is 12. The number of hydrogen-bond donors (Lipinski definition) is 2. The number of pyridine rings is 1. The van der Waals surface area contributed by atoms with E-state index in [2.05, 4.69) is 34.0 Å². The lowest BCUT2D eigenvalue weighted by atomic mass is 9.85. The fraction of sp³-hybridized carbons (Fsp3) is 0.370. The Morgan fingerprint density at radius 3 is 2.72 bits per heavy atom. The van der Waals surface area contributed by atoms with Crippen LogP contribution in [0.15, 0.2) is 42.0 Å². The van der Waals surface area contributed by atoms with Crippen LogP contribution < -0.4 is 10.5 Å². The number of carbonyl (C=O) groups excluding carboxylic acids is 1. The van der Waals surface area contributed by atoms with Crippen LogP contribution in [0.2, 0.25) is 11.3 Å². The summed E-state index contributed by atoms with van der Waals surface area (Å²) in [6, 6.07) is 6.60. The molecule has 0 fully saturated rings. The lowest BCUT2D eigenvalue weighted by Gasteiger charge is -2.10. The van der Waals surface area contributed by atoms with E-state index in [4.69, 9.17) is 11.6 Å². The van der Waals surface area contributed by atoms with E-state index in [9.17, 15) is 9.18 Å². The number of aromatic nitrogens is 2. The van der Waals surface area contributed by atoms with Crippen LogP contribution in [0.5, 0.6) is 0 Å². The zero-order chi connectivity index (χ0) is 26.2. The first-order chi connectivity index (χ1) is 17.3. The fourth-order valence-electron chi connectivity index (χ4n) is 3.83. The van der Waals surface area contributed by atoms with Crippen molar-refractivity contribution in [2.45, 2.75) is 59.8 Å². The molecule has 3 rings (SSSR count). The Kier molecular flexibility index (Phi) is 9.85. The molecule has 0 atom stereocenters. The summed E-state index contributed by atoms with van der Waals surface area (Å²) >= 11 is 6.22. The van der Waals surface area contributed by atoms with Crippen LogP contribution >= 0.6 is 11.6 Å². The fourth-order valence-corrected chi connectivity index (χ4v) is 3.97. The zero-order valence-electron chi connectivity index (χ0n) is 21.4. The lowest BCUT2D eigenvalue weighted by molar-refractivity contribution is 0.0944. The first-order valence-corrected chi connectivity index (χ1v) is 12.7. The number of imidazole rings is 1. The van der Waals surface area contributed by atoms with Gasteiger partial charge in [-0.1, -0.05) is 45.0 Å². The van der Waals surface area contributed by atoms with E-state index in [-0.39, 0.29) is 12.5 Å². The third kappa shape index (κ3) is 6.62. The molecule has 0 aliphatic rings. The van der Waals surface area contributed by atoms with E-state index >= 15 is 0 Å². The minimum absolute atomic E-state index is 0.174. The molecule has 0 aliphatic heterocycles. The van der Waals surface area contributed by atoms with Crippen molar-refractivity contribution >= 4 is 42.0 Å². The van der Waals surface area contributed by atoms with Gasteiger partial charge in [0.15, 0.2) is 0 Å². The number of nitrogens with zero attached hydrogens (tertiary/aromatic N) is 3. The summed E-state index contributed by atoms with van der Waals surface area (Å²) in [5.41, 5.74) is 4.91. The summed E-state index contributed by atoms with van der Waals surface area (Å²) in [5, 5.41) is 6.72. The molecule has 6 nitrogen and oxygen atoms in total. The third-order valence-corrected chi connectivity index (χ3v) is 6.30. The summed E-state index contributed by atoms with van der Waals surface area (Å²) in [7, 11) is 1.98. The van der Waals surface area contributed by atoms with Crippen molar-refractivity contribution in [1.29, 1.82) is 0 Å². The monoisotopic (exact) mass is 508 g/mol. The SMILES string of the molecule is C=C(N=C(CC)C[B]NCCC)c1ccc(CNC(=O)c2c(CC)nc3cc(Cl)c(C)cn23)cc1F. The molecule has 2 N–H and O–H groups in total. The second-order valence-corrected chi connectivity index (χ2v) is 9.04. The summed E-state index contributed by atoms with van der Waals surface area (Å²) < 4.78 is 16.7. The molecule has 189 valence electrons. The predicted octanol–water partition coefficient (Wildman–Crippen LogP) is 5.79. The third-order valence-electron chi connectivity index (χ3n) is 5.89. The summed E-state index contributed by atoms with van der Waals surface area (Å²) in [5.74, 6) is -0.701. The van der Waals surface area contributed by atoms with Crippen LogP contribution in [0.25, 0.3) is 11.3 Å². The molecular weight excluding hydrogens is 476 g/mol. The molecule has 1 amide bonds. The molecule has 0 spiro atoms. The normalized spacial score (nSPS) is 11.7. The van der Waals surface area contributed by atoms with Gasteiger partial charge in [-0.15, -0.1) is 0 Å². The van der Waals surface area contributed by atoms with Crippen molar-refractivity contribution in [3.63, 3.8) is 0 Å². The van der Waals surface area contributed by atoms with Crippen LogP contribution in [-0.2, 0) is 13.0 Å². The van der Waals surface area contributed by atoms with Gasteiger partial charge in [0, 0.05) is 35.1 Å². The number of halogens is 2. The van der Waals surface area contributed by atoms with Gasteiger partial charge in [0.2, 0.25) is 7.41 Å². The van der Waals surface area contributed by atoms with Gasteiger partial charge < -0.3 is 10.5 Å². The highest BCUT2D eigenvalue weighted by Crippen LogP contribution is 2.22. The van der Waals surface area contributed by atoms with Gasteiger partial charge in [0.05, 0.1) is 11.4 Å². The standard InChI is InChI=1S/C27H33BClFN5O/c1-6-11-32-28-14-20(7-2)33-18(5)21-10-9-19(12-23(21)30)15-31-27(36)26-24(8-3)34-25-13-22(29)17(4)16-35(25)26/h9-10,12-13,16,32H,5-8,11,14-15H2,1-4H3,(H,31,36). The minimum Gasteiger partial charge on any atom is -0.360 e. The second-order valence-electron chi connectivity index (χ2n) is 8.63. The average Bonchev–Trinajstić information content (AvgIpc) is 3.21. The van der Waals surface area contributed by atoms with Crippen LogP contribution in [0.4, 0.5) is 4.39 Å². The number of carbonyl (C=O) groups is 1. The highest BCUT2D eigenvalue weighted by molar-refractivity contribution is 6.39. The van der Waals surface area contributed by atoms with Crippen molar-refractivity contribution in [3.05, 3.63) is 76.0 Å². The van der Waals surface area contributed by atoms with Crippen molar-refractivity contribution in [2.24, 2.45) is 4.99 Å². The predicted molar refractivity (Wildman–Crippen MR) is 148 cm³/mol. The number of benzene rings is 1. The number of aliphatic imine (C=N–C) groups is 1. The van der Waals surface area contributed by atoms with Crippen molar-refractivity contribution in [1.82, 2.24) is 19.9 Å². The highest BCUT2D eigenvalue weighted by atomic mass is 35.5. The maximum Gasteiger partial charge on any atom is 0.270 e. The Balaban J connectivity index is 1.71. The van der Waals surface area contributed by atoms with Crippen LogP contribution in [0.1, 0.15) is 66.5 Å². The molecule has 0 unspecified atom stereocenters. The molecule has 9 heteroatoms. The average molecular weight is 509 g/mol. The van der Waals surface area contributed by atoms with Crippen LogP contribution in [0.3, 0.4) is 0 Å². The van der Waals surface area contributed by atoms with Gasteiger partial charge in [-0.05, 0) is 62.3 Å². The minimum atomic E-state index is -0.423. The highest BCUT2D eigenvalue weighted by Gasteiger charge is 2.19. The van der Waals surface area contributed by atoms with E-state index in [1.807, 2.05) is 34.4 Å². The van der Waals surface area contributed by atoms with E-state index < -0.39 is 5.82 Å². The maximum absolute atomic E-state index is 14.9. The van der Waals surface area contributed by atoms with Crippen LogP contribution in [-0.4, -0.2) is 35.0 Å². The molecule has 2 aromatic heterocycles. The Morgan fingerprint density at radius 1 is 1.28 bits per heavy atom. The lowest BCUT2D eigenvalue weighted by Crippen LogP contribution is -2.25. The molecule has 0 saturated carbocycles. The van der Waals surface area contributed by atoms with E-state index in [1.165, 1.54) is 6.07 Å². The van der Waals surface area contributed by atoms with Crippen LogP contribution in [0, 0.1) is 12.7 Å². The Bertz CT molecular complexity index is 1290. The van der Waals surface area contributed by atoms with Crippen molar-refractivity contribution in [3.8, 4) is 0 Å². The van der Waals surface area contributed by atoms with E-state index in [0.717, 1.165) is 30.7 Å². The number of amides is 1. The first-order valence-electron chi connectivity index (χ1n) is 12.3. The number of hydrogen-bond acceptors (Lipinski definition) is 4. The quantitative estimate of drug-likeness (QED) is 0.185. The summed E-state index contributed by atoms with van der Waals surface area (Å²) in [6.45, 7) is 13.0. The Morgan fingerprint density at radius 2 is 2.06 bits per heavy atom. The van der Waals surface area contributed by atoms with Gasteiger partial charge in [0.25, 0.3) is 5.91 Å². The molecule has 1 radical (unpaired) electrons. The van der Waals surface area contributed by atoms with Crippen molar-refractivity contribution in [2.75, 3.05) is 6.54 Å². The van der Waals surface area contributed by atoms with E-state index in [1.54, 1.807) is 22.6 Å². The van der Waals surface area contributed by atoms with Gasteiger partial charge in [-0.2, -0.15) is 0 Å². The largest absolute Gasteiger partial charge is 0.360 e. The maximum atomic E-state index is 14.9. The second kappa shape index (κ2) is 12.8. The molecule has 0 saturated heterocycles. The molecule has 2 heterocycles. The zero-order valence-corrected chi connectivity index (χ0v) is 22.2. The molecule has 1 aromatic carbocycles.